The highest BCUT2D eigenvalue weighted by molar-refractivity contribution is 5.48. The average molecular weight is 287 g/mol. The fourth-order valence-electron chi connectivity index (χ4n) is 3.91. The average Bonchev–Trinajstić information content (AvgIpc) is 2.72. The molecule has 1 aromatic carbocycles. The van der Waals surface area contributed by atoms with Gasteiger partial charge in [-0.05, 0) is 37.5 Å². The normalized spacial score (nSPS) is 28.4. The molecule has 1 heterocycles. The lowest BCUT2D eigenvalue weighted by Crippen LogP contribution is -2.55. The van der Waals surface area contributed by atoms with E-state index in [0.29, 0.717) is 12.1 Å². The molecule has 3 rings (SSSR count). The van der Waals surface area contributed by atoms with Gasteiger partial charge in [0.2, 0.25) is 0 Å². The van der Waals surface area contributed by atoms with Crippen LogP contribution in [0.4, 0.5) is 5.69 Å². The summed E-state index contributed by atoms with van der Waals surface area (Å²) in [6, 6.07) is 9.88. The minimum Gasteiger partial charge on any atom is -0.369 e. The van der Waals surface area contributed by atoms with Crippen LogP contribution in [0, 0.1) is 6.92 Å². The van der Waals surface area contributed by atoms with Crippen LogP contribution in [-0.4, -0.2) is 43.2 Å². The lowest BCUT2D eigenvalue weighted by molar-refractivity contribution is 0.154. The summed E-state index contributed by atoms with van der Waals surface area (Å²) >= 11 is 0. The first-order valence-corrected chi connectivity index (χ1v) is 8.55. The molecule has 2 fully saturated rings. The topological polar surface area (TPSA) is 32.5 Å². The number of aryl methyl sites for hydroxylation is 1. The lowest BCUT2D eigenvalue weighted by atomic mass is 10.0. The van der Waals surface area contributed by atoms with Crippen molar-refractivity contribution in [2.75, 3.05) is 31.1 Å². The van der Waals surface area contributed by atoms with E-state index in [4.69, 9.17) is 5.73 Å². The van der Waals surface area contributed by atoms with Gasteiger partial charge < -0.3 is 10.6 Å². The first kappa shape index (κ1) is 14.9. The Kier molecular flexibility index (Phi) is 4.81. The standard InChI is InChI=1S/C18H29N3/c1-15-6-5-7-16(14-15)20-10-12-21(13-11-20)18-9-4-2-3-8-17(18)19/h5-7,14,17-18H,2-4,8-13,19H2,1H3. The number of hydrogen-bond donors (Lipinski definition) is 1. The van der Waals surface area contributed by atoms with E-state index in [0.717, 1.165) is 26.2 Å². The summed E-state index contributed by atoms with van der Waals surface area (Å²) in [5.41, 5.74) is 9.14. The van der Waals surface area contributed by atoms with Crippen molar-refractivity contribution in [3.8, 4) is 0 Å². The summed E-state index contributed by atoms with van der Waals surface area (Å²) in [5.74, 6) is 0. The van der Waals surface area contributed by atoms with Crippen molar-refractivity contribution in [1.82, 2.24) is 4.90 Å². The van der Waals surface area contributed by atoms with Crippen molar-refractivity contribution in [3.63, 3.8) is 0 Å². The molecule has 1 saturated heterocycles. The molecule has 1 saturated carbocycles. The van der Waals surface area contributed by atoms with E-state index in [-0.39, 0.29) is 0 Å². The van der Waals surface area contributed by atoms with E-state index in [1.165, 1.54) is 43.4 Å². The smallest absolute Gasteiger partial charge is 0.0369 e. The minimum absolute atomic E-state index is 0.387. The van der Waals surface area contributed by atoms with E-state index in [1.54, 1.807) is 0 Å². The quantitative estimate of drug-likeness (QED) is 0.849. The van der Waals surface area contributed by atoms with Crippen molar-refractivity contribution in [3.05, 3.63) is 29.8 Å². The zero-order chi connectivity index (χ0) is 14.7. The number of rotatable bonds is 2. The van der Waals surface area contributed by atoms with Crippen LogP contribution in [0.2, 0.25) is 0 Å². The molecule has 3 heteroatoms. The van der Waals surface area contributed by atoms with Crippen LogP contribution in [-0.2, 0) is 0 Å². The zero-order valence-electron chi connectivity index (χ0n) is 13.3. The number of nitrogens with two attached hydrogens (primary N) is 1. The van der Waals surface area contributed by atoms with Crippen molar-refractivity contribution < 1.29 is 0 Å². The van der Waals surface area contributed by atoms with Gasteiger partial charge in [-0.3, -0.25) is 4.90 Å². The van der Waals surface area contributed by atoms with Gasteiger partial charge in [0.15, 0.2) is 0 Å². The minimum atomic E-state index is 0.387. The highest BCUT2D eigenvalue weighted by Gasteiger charge is 2.29. The number of hydrogen-bond acceptors (Lipinski definition) is 3. The van der Waals surface area contributed by atoms with Crippen LogP contribution in [0.25, 0.3) is 0 Å². The molecule has 2 aliphatic rings. The Bertz CT molecular complexity index is 452. The van der Waals surface area contributed by atoms with E-state index >= 15 is 0 Å². The molecule has 2 unspecified atom stereocenters. The second-order valence-corrected chi connectivity index (χ2v) is 6.73. The van der Waals surface area contributed by atoms with Gasteiger partial charge >= 0.3 is 0 Å². The Morgan fingerprint density at radius 1 is 1.00 bits per heavy atom. The number of piperazine rings is 1. The van der Waals surface area contributed by atoms with Crippen molar-refractivity contribution >= 4 is 5.69 Å². The molecule has 21 heavy (non-hydrogen) atoms. The Hall–Kier alpha value is -1.06. The molecular weight excluding hydrogens is 258 g/mol. The van der Waals surface area contributed by atoms with Gasteiger partial charge in [0.25, 0.3) is 0 Å². The number of nitrogens with zero attached hydrogens (tertiary/aromatic N) is 2. The van der Waals surface area contributed by atoms with Gasteiger partial charge in [0.05, 0.1) is 0 Å². The Morgan fingerprint density at radius 2 is 1.76 bits per heavy atom. The molecule has 0 bridgehead atoms. The van der Waals surface area contributed by atoms with Crippen LogP contribution in [0.15, 0.2) is 24.3 Å². The number of anilines is 1. The summed E-state index contributed by atoms with van der Waals surface area (Å²) < 4.78 is 0. The molecule has 116 valence electrons. The van der Waals surface area contributed by atoms with Crippen LogP contribution >= 0.6 is 0 Å². The third kappa shape index (κ3) is 3.58. The van der Waals surface area contributed by atoms with E-state index < -0.39 is 0 Å². The Labute approximate surface area is 129 Å². The number of benzene rings is 1. The monoisotopic (exact) mass is 287 g/mol. The molecule has 2 N–H and O–H groups in total. The molecular formula is C18H29N3. The van der Waals surface area contributed by atoms with E-state index in [9.17, 15) is 0 Å². The fraction of sp³-hybridized carbons (Fsp3) is 0.667. The molecule has 0 spiro atoms. The first-order valence-electron chi connectivity index (χ1n) is 8.55. The largest absolute Gasteiger partial charge is 0.369 e. The predicted molar refractivity (Wildman–Crippen MR) is 89.8 cm³/mol. The van der Waals surface area contributed by atoms with Gasteiger partial charge in [-0.1, -0.05) is 31.4 Å². The summed E-state index contributed by atoms with van der Waals surface area (Å²) in [7, 11) is 0. The van der Waals surface area contributed by atoms with Gasteiger partial charge in [0.1, 0.15) is 0 Å². The second kappa shape index (κ2) is 6.80. The third-order valence-corrected chi connectivity index (χ3v) is 5.18. The van der Waals surface area contributed by atoms with Crippen LogP contribution in [0.5, 0.6) is 0 Å². The maximum absolute atomic E-state index is 6.42. The molecule has 2 atom stereocenters. The van der Waals surface area contributed by atoms with Crippen LogP contribution in [0.3, 0.4) is 0 Å². The summed E-state index contributed by atoms with van der Waals surface area (Å²) in [6.07, 6.45) is 6.55. The highest BCUT2D eigenvalue weighted by Crippen LogP contribution is 2.24. The van der Waals surface area contributed by atoms with Crippen molar-refractivity contribution in [2.45, 2.75) is 51.1 Å². The van der Waals surface area contributed by atoms with Crippen molar-refractivity contribution in [1.29, 1.82) is 0 Å². The summed E-state index contributed by atoms with van der Waals surface area (Å²) in [6.45, 7) is 6.75. The summed E-state index contributed by atoms with van der Waals surface area (Å²) in [4.78, 5) is 5.17. The Morgan fingerprint density at radius 3 is 2.52 bits per heavy atom. The summed E-state index contributed by atoms with van der Waals surface area (Å²) in [5, 5.41) is 0. The predicted octanol–water partition coefficient (Wildman–Crippen LogP) is 2.78. The fourth-order valence-corrected chi connectivity index (χ4v) is 3.91. The molecule has 0 radical (unpaired) electrons. The van der Waals surface area contributed by atoms with E-state index in [1.807, 2.05) is 0 Å². The van der Waals surface area contributed by atoms with Crippen LogP contribution in [0.1, 0.15) is 37.7 Å². The van der Waals surface area contributed by atoms with E-state index in [2.05, 4.69) is 41.0 Å². The van der Waals surface area contributed by atoms with Crippen LogP contribution < -0.4 is 10.6 Å². The second-order valence-electron chi connectivity index (χ2n) is 6.73. The van der Waals surface area contributed by atoms with Gasteiger partial charge in [0, 0.05) is 44.0 Å². The molecule has 0 aromatic heterocycles. The van der Waals surface area contributed by atoms with Gasteiger partial charge in [-0.2, -0.15) is 0 Å². The lowest BCUT2D eigenvalue weighted by Gasteiger charge is -2.42. The SMILES string of the molecule is Cc1cccc(N2CCN(C3CCCCCC3N)CC2)c1. The third-order valence-electron chi connectivity index (χ3n) is 5.18. The Balaban J connectivity index is 1.59. The molecule has 0 amide bonds. The zero-order valence-corrected chi connectivity index (χ0v) is 13.3. The van der Waals surface area contributed by atoms with Crippen molar-refractivity contribution in [2.24, 2.45) is 5.73 Å². The molecule has 1 aliphatic heterocycles. The molecule has 1 aliphatic carbocycles. The molecule has 1 aromatic rings. The highest BCUT2D eigenvalue weighted by atomic mass is 15.3. The maximum atomic E-state index is 6.42. The van der Waals surface area contributed by atoms with Gasteiger partial charge in [-0.15, -0.1) is 0 Å². The van der Waals surface area contributed by atoms with Gasteiger partial charge in [-0.25, -0.2) is 0 Å². The molecule has 3 nitrogen and oxygen atoms in total. The first-order chi connectivity index (χ1) is 10.2. The maximum Gasteiger partial charge on any atom is 0.0369 e.